The van der Waals surface area contributed by atoms with E-state index < -0.39 is 0 Å². The Labute approximate surface area is 51.6 Å². The molecular weight excluding hydrogens is 187 g/mol. The van der Waals surface area contributed by atoms with Gasteiger partial charge in [0.25, 0.3) is 0 Å². The zero-order valence-corrected chi connectivity index (χ0v) is 6.13. The van der Waals surface area contributed by atoms with Crippen LogP contribution in [0.15, 0.2) is 12.2 Å². The van der Waals surface area contributed by atoms with E-state index in [1.165, 1.54) is 12.7 Å². The molecule has 0 saturated heterocycles. The van der Waals surface area contributed by atoms with Crippen molar-refractivity contribution in [2.24, 2.45) is 0 Å². The molecule has 0 aliphatic heterocycles. The molecule has 2 heteroatoms. The summed E-state index contributed by atoms with van der Waals surface area (Å²) in [5.41, 5.74) is 0. The SMILES string of the molecule is CC=C[CH2][Ni][Br]. The van der Waals surface area contributed by atoms with Crippen molar-refractivity contribution in [3.63, 3.8) is 0 Å². The standard InChI is InChI=1S/C4H7.BrH.Ni/c1-3-4-2;;/h3-4H,1H2,2H3;1H;/q;;+1/p-1. The van der Waals surface area contributed by atoms with E-state index in [1.807, 2.05) is 13.0 Å². The average Bonchev–Trinajstić information content (AvgIpc) is 1.61. The molecule has 0 spiro atoms. The predicted octanol–water partition coefficient (Wildman–Crippen LogP) is 2.37. The third kappa shape index (κ3) is 4.71. The summed E-state index contributed by atoms with van der Waals surface area (Å²) < 4.78 is 0. The molecule has 0 nitrogen and oxygen atoms in total. The topological polar surface area (TPSA) is 0 Å². The molecule has 0 N–H and O–H groups in total. The molecule has 0 heterocycles. The van der Waals surface area contributed by atoms with E-state index in [0.29, 0.717) is 0 Å². The van der Waals surface area contributed by atoms with Crippen LogP contribution in [0, 0.1) is 0 Å². The van der Waals surface area contributed by atoms with Gasteiger partial charge in [0.2, 0.25) is 0 Å². The van der Waals surface area contributed by atoms with Crippen LogP contribution in [0.4, 0.5) is 0 Å². The van der Waals surface area contributed by atoms with Crippen LogP contribution in [0.1, 0.15) is 6.92 Å². The Morgan fingerprint density at radius 2 is 2.50 bits per heavy atom. The third-order valence-corrected chi connectivity index (χ3v) is 1.59. The Kier molecular flexibility index (Phi) is 6.39. The molecule has 0 rings (SSSR count). The van der Waals surface area contributed by atoms with Crippen LogP contribution in [0.2, 0.25) is 5.39 Å². The minimum absolute atomic E-state index is 1.09. The number of hydrogen-bond donors (Lipinski definition) is 0. The van der Waals surface area contributed by atoms with Gasteiger partial charge in [-0.3, -0.25) is 0 Å². The predicted molar refractivity (Wildman–Crippen MR) is 28.5 cm³/mol. The van der Waals surface area contributed by atoms with Crippen molar-refractivity contribution < 1.29 is 12.7 Å². The Morgan fingerprint density at radius 3 is 2.67 bits per heavy atom. The van der Waals surface area contributed by atoms with Gasteiger partial charge in [-0.25, -0.2) is 0 Å². The van der Waals surface area contributed by atoms with Gasteiger partial charge in [0.15, 0.2) is 0 Å². The van der Waals surface area contributed by atoms with Gasteiger partial charge in [-0.2, -0.15) is 0 Å². The Hall–Kier alpha value is 0.714. The monoisotopic (exact) mass is 192 g/mol. The van der Waals surface area contributed by atoms with E-state index in [4.69, 9.17) is 0 Å². The van der Waals surface area contributed by atoms with Crippen molar-refractivity contribution in [3.8, 4) is 0 Å². The molecule has 0 aliphatic carbocycles. The average molecular weight is 194 g/mol. The fraction of sp³-hybridized carbons (Fsp3) is 0.500. The van der Waals surface area contributed by atoms with Gasteiger partial charge in [0.05, 0.1) is 0 Å². The molecule has 0 saturated carbocycles. The van der Waals surface area contributed by atoms with E-state index in [2.05, 4.69) is 20.3 Å². The van der Waals surface area contributed by atoms with Crippen molar-refractivity contribution >= 4 is 14.2 Å². The fourth-order valence-electron chi connectivity index (χ4n) is 0.103. The van der Waals surface area contributed by atoms with E-state index in [-0.39, 0.29) is 0 Å². The first kappa shape index (κ1) is 6.71. The molecular formula is C4H7BrNi. The Balaban J connectivity index is 2.66. The van der Waals surface area contributed by atoms with Gasteiger partial charge in [0.1, 0.15) is 0 Å². The van der Waals surface area contributed by atoms with Crippen molar-refractivity contribution in [1.82, 2.24) is 0 Å². The number of allylic oxidation sites excluding steroid dienone is 2. The van der Waals surface area contributed by atoms with E-state index in [9.17, 15) is 0 Å². The van der Waals surface area contributed by atoms with Crippen molar-refractivity contribution in [1.29, 1.82) is 0 Å². The second kappa shape index (κ2) is 5.71. The summed E-state index contributed by atoms with van der Waals surface area (Å²) >= 11 is 4.75. The van der Waals surface area contributed by atoms with Crippen LogP contribution >= 0.6 is 14.2 Å². The normalized spacial score (nSPS) is 11.0. The van der Waals surface area contributed by atoms with Gasteiger partial charge >= 0.3 is 51.4 Å². The summed E-state index contributed by atoms with van der Waals surface area (Å²) in [5.74, 6) is 0. The molecule has 0 amide bonds. The van der Waals surface area contributed by atoms with Crippen molar-refractivity contribution in [2.45, 2.75) is 12.3 Å². The maximum atomic E-state index is 3.24. The summed E-state index contributed by atoms with van der Waals surface area (Å²) in [7, 11) is 0. The number of halogens is 1. The van der Waals surface area contributed by atoms with Crippen LogP contribution in [0.3, 0.4) is 0 Å². The molecule has 0 atom stereocenters. The molecule has 0 unspecified atom stereocenters. The summed E-state index contributed by atoms with van der Waals surface area (Å²) in [5, 5.41) is 1.09. The molecule has 0 aromatic heterocycles. The maximum absolute atomic E-state index is 3.24. The first-order valence-corrected chi connectivity index (χ1v) is 4.80. The van der Waals surface area contributed by atoms with Crippen LogP contribution in [-0.4, -0.2) is 0 Å². The van der Waals surface area contributed by atoms with Gasteiger partial charge in [0, 0.05) is 0 Å². The zero-order valence-electron chi connectivity index (χ0n) is 3.56. The fourth-order valence-corrected chi connectivity index (χ4v) is 0.911. The molecule has 0 radical (unpaired) electrons. The van der Waals surface area contributed by atoms with Gasteiger partial charge < -0.3 is 0 Å². The molecule has 0 aromatic rings. The van der Waals surface area contributed by atoms with Gasteiger partial charge in [-0.1, -0.05) is 0 Å². The van der Waals surface area contributed by atoms with E-state index in [0.717, 1.165) is 5.39 Å². The molecule has 40 valence electrons. The second-order valence-corrected chi connectivity index (χ2v) is 2.91. The van der Waals surface area contributed by atoms with Crippen LogP contribution in [-0.2, 0) is 12.7 Å². The van der Waals surface area contributed by atoms with Gasteiger partial charge in [-0.05, 0) is 0 Å². The van der Waals surface area contributed by atoms with Crippen molar-refractivity contribution in [2.75, 3.05) is 0 Å². The minimum atomic E-state index is 1.09. The quantitative estimate of drug-likeness (QED) is 0.467. The molecule has 6 heavy (non-hydrogen) atoms. The Bertz CT molecular complexity index is 42.8. The van der Waals surface area contributed by atoms with E-state index in [1.54, 1.807) is 0 Å². The summed E-state index contributed by atoms with van der Waals surface area (Å²) in [6.45, 7) is 2.02. The third-order valence-electron chi connectivity index (χ3n) is 0.359. The van der Waals surface area contributed by atoms with E-state index >= 15 is 0 Å². The number of rotatable bonds is 2. The summed E-state index contributed by atoms with van der Waals surface area (Å²) in [6.07, 6.45) is 4.15. The number of hydrogen-bond acceptors (Lipinski definition) is 0. The molecule has 0 fully saturated rings. The molecule has 0 aromatic carbocycles. The molecule has 0 bridgehead atoms. The van der Waals surface area contributed by atoms with Crippen LogP contribution in [0.25, 0.3) is 0 Å². The summed E-state index contributed by atoms with van der Waals surface area (Å²) in [4.78, 5) is 0. The van der Waals surface area contributed by atoms with Crippen LogP contribution in [0.5, 0.6) is 0 Å². The summed E-state index contributed by atoms with van der Waals surface area (Å²) in [6, 6.07) is 0. The molecule has 0 aliphatic rings. The van der Waals surface area contributed by atoms with Crippen LogP contribution < -0.4 is 0 Å². The zero-order chi connectivity index (χ0) is 4.83. The van der Waals surface area contributed by atoms with Crippen molar-refractivity contribution in [3.05, 3.63) is 12.2 Å². The second-order valence-electron chi connectivity index (χ2n) is 0.783. The first-order valence-electron chi connectivity index (χ1n) is 1.66. The van der Waals surface area contributed by atoms with Gasteiger partial charge in [-0.15, -0.1) is 0 Å². The Morgan fingerprint density at radius 1 is 1.83 bits per heavy atom. The first-order chi connectivity index (χ1) is 2.91.